The van der Waals surface area contributed by atoms with Crippen molar-refractivity contribution in [2.75, 3.05) is 0 Å². The van der Waals surface area contributed by atoms with Crippen LogP contribution >= 0.6 is 25.8 Å². The molecule has 1 aliphatic carbocycles. The number of hydrogen-bond acceptors (Lipinski definition) is 5. The fourth-order valence-corrected chi connectivity index (χ4v) is 3.64. The molecule has 4 atom stereocenters. The van der Waals surface area contributed by atoms with Crippen LogP contribution in [0.1, 0.15) is 19.3 Å². The van der Waals surface area contributed by atoms with E-state index in [1.54, 1.807) is 0 Å². The summed E-state index contributed by atoms with van der Waals surface area (Å²) >= 11 is 7.68. The molecule has 0 aliphatic heterocycles. The highest BCUT2D eigenvalue weighted by atomic mass is 32.7. The molecule has 1 rings (SSSR count). The highest BCUT2D eigenvalue weighted by Crippen LogP contribution is 2.50. The van der Waals surface area contributed by atoms with Gasteiger partial charge in [0.25, 0.3) is 0 Å². The van der Waals surface area contributed by atoms with Gasteiger partial charge in [-0.05, 0) is 11.8 Å². The Balaban J connectivity index is 2.59. The van der Waals surface area contributed by atoms with Crippen LogP contribution in [0.4, 0.5) is 0 Å². The Morgan fingerprint density at radius 3 is 2.00 bits per heavy atom. The van der Waals surface area contributed by atoms with Crippen LogP contribution in [0.15, 0.2) is 0 Å². The molecule has 0 aromatic carbocycles. The molecular weight excluding hydrogens is 310 g/mol. The van der Waals surface area contributed by atoms with E-state index in [-0.39, 0.29) is 19.3 Å². The normalized spacial score (nSPS) is 34.3. The molecule has 0 radical (unpaired) electrons. The summed E-state index contributed by atoms with van der Waals surface area (Å²) in [6.45, 7) is -7.77. The summed E-state index contributed by atoms with van der Waals surface area (Å²) in [5, 5.41) is 9.50. The van der Waals surface area contributed by atoms with Crippen LogP contribution in [0.5, 0.6) is 0 Å². The van der Waals surface area contributed by atoms with Crippen LogP contribution in [0.2, 0.25) is 0 Å². The van der Waals surface area contributed by atoms with Crippen LogP contribution in [-0.2, 0) is 25.4 Å². The van der Waals surface area contributed by atoms with Crippen LogP contribution in [0, 0.1) is 0 Å². The first kappa shape index (κ1) is 16.0. The maximum Gasteiger partial charge on any atom is 0.383 e. The zero-order valence-corrected chi connectivity index (χ0v) is 12.1. The highest BCUT2D eigenvalue weighted by Gasteiger charge is 2.34. The van der Waals surface area contributed by atoms with Gasteiger partial charge in [-0.25, -0.2) is 4.57 Å². The van der Waals surface area contributed by atoms with Crippen LogP contribution in [0.25, 0.3) is 0 Å². The SMILES string of the molecule is O=P(O)(S)O[C@H]1CC(O)C[C@@H](OP(O)(O)=S)C1. The minimum Gasteiger partial charge on any atom is -0.393 e. The Morgan fingerprint density at radius 1 is 1.12 bits per heavy atom. The van der Waals surface area contributed by atoms with Crippen LogP contribution in [0.3, 0.4) is 0 Å². The van der Waals surface area contributed by atoms with Gasteiger partial charge in [0.1, 0.15) is 0 Å². The van der Waals surface area contributed by atoms with E-state index in [1.807, 2.05) is 0 Å². The molecule has 17 heavy (non-hydrogen) atoms. The quantitative estimate of drug-likeness (QED) is 0.376. The number of hydrogen-bond donors (Lipinski definition) is 5. The molecule has 11 heteroatoms. The zero-order chi connectivity index (χ0) is 13.3. The first-order valence-corrected chi connectivity index (χ1v) is 10.1. The molecule has 7 nitrogen and oxygen atoms in total. The van der Waals surface area contributed by atoms with Gasteiger partial charge in [-0.2, -0.15) is 0 Å². The molecule has 0 amide bonds. The van der Waals surface area contributed by atoms with Crippen molar-refractivity contribution < 1.29 is 33.4 Å². The minimum atomic E-state index is -3.95. The third kappa shape index (κ3) is 7.22. The van der Waals surface area contributed by atoms with Crippen molar-refractivity contribution in [1.82, 2.24) is 0 Å². The molecule has 1 aliphatic rings. The summed E-state index contributed by atoms with van der Waals surface area (Å²) in [6.07, 6.45) is -1.81. The molecule has 102 valence electrons. The molecule has 0 saturated heterocycles. The standard InChI is InChI=1S/C6H14O7P2S2/c7-4-1-5(12-14(8,9)16)3-6(2-4)13-15(10,11)17/h4-7H,1-3H2,(H2,8,9,16)(H2,10,11,17)/t4?,5-,6+. The van der Waals surface area contributed by atoms with Crippen LogP contribution < -0.4 is 0 Å². The Hall–Kier alpha value is 0.990. The third-order valence-electron chi connectivity index (χ3n) is 2.17. The van der Waals surface area contributed by atoms with E-state index in [4.69, 9.17) is 23.7 Å². The lowest BCUT2D eigenvalue weighted by Gasteiger charge is -2.32. The zero-order valence-electron chi connectivity index (χ0n) is 8.62. The maximum absolute atomic E-state index is 10.9. The Labute approximate surface area is 109 Å². The third-order valence-corrected chi connectivity index (χ3v) is 3.86. The molecule has 4 N–H and O–H groups in total. The van der Waals surface area contributed by atoms with E-state index in [2.05, 4.69) is 24.1 Å². The minimum absolute atomic E-state index is 0.141. The van der Waals surface area contributed by atoms with Crippen molar-refractivity contribution in [3.05, 3.63) is 0 Å². The second-order valence-electron chi connectivity index (χ2n) is 3.80. The monoisotopic (exact) mass is 324 g/mol. The smallest absolute Gasteiger partial charge is 0.383 e. The summed E-state index contributed by atoms with van der Waals surface area (Å²) in [5.74, 6) is 0. The van der Waals surface area contributed by atoms with Gasteiger partial charge in [0.15, 0.2) is 0 Å². The Bertz CT molecular complexity index is 320. The van der Waals surface area contributed by atoms with Crippen molar-refractivity contribution in [2.45, 2.75) is 37.6 Å². The lowest BCUT2D eigenvalue weighted by Crippen LogP contribution is -2.34. The summed E-state index contributed by atoms with van der Waals surface area (Å²) < 4.78 is 20.5. The molecule has 0 aromatic rings. The topological polar surface area (TPSA) is 116 Å². The van der Waals surface area contributed by atoms with E-state index in [0.717, 1.165) is 0 Å². The molecule has 1 fully saturated rings. The summed E-state index contributed by atoms with van der Waals surface area (Å²) in [5.41, 5.74) is 0. The fraction of sp³-hybridized carbons (Fsp3) is 1.00. The number of thiol groups is 1. The molecule has 1 saturated carbocycles. The Morgan fingerprint density at radius 2 is 1.59 bits per heavy atom. The highest BCUT2D eigenvalue weighted by molar-refractivity contribution is 8.44. The van der Waals surface area contributed by atoms with E-state index in [1.165, 1.54) is 0 Å². The van der Waals surface area contributed by atoms with Gasteiger partial charge in [0.05, 0.1) is 18.3 Å². The van der Waals surface area contributed by atoms with Gasteiger partial charge in [0, 0.05) is 19.3 Å². The van der Waals surface area contributed by atoms with E-state index < -0.39 is 31.8 Å². The van der Waals surface area contributed by atoms with Crippen molar-refractivity contribution in [3.63, 3.8) is 0 Å². The average Bonchev–Trinajstić information content (AvgIpc) is 1.93. The lowest BCUT2D eigenvalue weighted by molar-refractivity contribution is -0.0105. The summed E-state index contributed by atoms with van der Waals surface area (Å²) in [4.78, 5) is 26.9. The van der Waals surface area contributed by atoms with Gasteiger partial charge in [-0.15, -0.1) is 0 Å². The van der Waals surface area contributed by atoms with E-state index in [9.17, 15) is 9.67 Å². The van der Waals surface area contributed by atoms with Crippen molar-refractivity contribution >= 4 is 37.6 Å². The molecule has 0 heterocycles. The van der Waals surface area contributed by atoms with E-state index in [0.29, 0.717) is 0 Å². The predicted octanol–water partition coefficient (Wildman–Crippen LogP) is 0.541. The van der Waals surface area contributed by atoms with Gasteiger partial charge in [-0.1, -0.05) is 12.2 Å². The van der Waals surface area contributed by atoms with Crippen molar-refractivity contribution in [3.8, 4) is 0 Å². The van der Waals surface area contributed by atoms with Crippen molar-refractivity contribution in [2.24, 2.45) is 0 Å². The molecule has 2 unspecified atom stereocenters. The second kappa shape index (κ2) is 5.96. The van der Waals surface area contributed by atoms with Crippen LogP contribution in [-0.4, -0.2) is 38.1 Å². The lowest BCUT2D eigenvalue weighted by atomic mass is 9.93. The Kier molecular flexibility index (Phi) is 5.63. The summed E-state index contributed by atoms with van der Waals surface area (Å²) in [6, 6.07) is 0. The molecule has 0 bridgehead atoms. The number of rotatable bonds is 4. The molecule has 0 spiro atoms. The van der Waals surface area contributed by atoms with Gasteiger partial charge in [0.2, 0.25) is 0 Å². The second-order valence-corrected chi connectivity index (χ2v) is 9.12. The number of aliphatic hydroxyl groups excluding tert-OH is 1. The molecular formula is C6H14O7P2S2. The van der Waals surface area contributed by atoms with Crippen molar-refractivity contribution in [1.29, 1.82) is 0 Å². The maximum atomic E-state index is 10.9. The van der Waals surface area contributed by atoms with Gasteiger partial charge >= 0.3 is 13.5 Å². The first-order valence-electron chi connectivity index (χ1n) is 4.71. The first-order chi connectivity index (χ1) is 7.55. The summed E-state index contributed by atoms with van der Waals surface area (Å²) in [7, 11) is 0. The van der Waals surface area contributed by atoms with E-state index >= 15 is 0 Å². The number of aliphatic hydroxyl groups is 1. The molecule has 0 aromatic heterocycles. The van der Waals surface area contributed by atoms with Gasteiger partial charge in [-0.3, -0.25) is 4.52 Å². The largest absolute Gasteiger partial charge is 0.393 e. The predicted molar refractivity (Wildman–Crippen MR) is 67.1 cm³/mol. The average molecular weight is 324 g/mol. The van der Waals surface area contributed by atoms with Gasteiger partial charge < -0.3 is 24.3 Å². The fourth-order valence-electron chi connectivity index (χ4n) is 1.75.